The summed E-state index contributed by atoms with van der Waals surface area (Å²) in [7, 11) is 0. The van der Waals surface area contributed by atoms with Crippen molar-refractivity contribution in [1.29, 1.82) is 0 Å². The molecule has 0 aromatic heterocycles. The number of aliphatic hydroxyl groups excluding tert-OH is 3. The van der Waals surface area contributed by atoms with E-state index < -0.39 is 31.3 Å². The predicted molar refractivity (Wildman–Crippen MR) is 67.3 cm³/mol. The molecule has 0 aliphatic heterocycles. The number of amides is 1. The van der Waals surface area contributed by atoms with Gasteiger partial charge in [0.25, 0.3) is 5.91 Å². The van der Waals surface area contributed by atoms with Gasteiger partial charge in [0, 0.05) is 0 Å². The molecule has 0 saturated heterocycles. The molecule has 1 rings (SSSR count). The van der Waals surface area contributed by atoms with E-state index in [2.05, 4.69) is 5.32 Å². The van der Waals surface area contributed by atoms with Gasteiger partial charge in [0.2, 0.25) is 0 Å². The van der Waals surface area contributed by atoms with Gasteiger partial charge in [-0.2, -0.15) is 0 Å². The van der Waals surface area contributed by atoms with E-state index in [1.54, 1.807) is 6.07 Å². The van der Waals surface area contributed by atoms with E-state index >= 15 is 0 Å². The number of benzene rings is 1. The third-order valence-corrected chi connectivity index (χ3v) is 2.91. The maximum Gasteiger partial charge on any atom is 0.254 e. The number of nitrogen functional groups attached to an aromatic ring is 1. The van der Waals surface area contributed by atoms with Crippen LogP contribution in [-0.4, -0.2) is 46.6 Å². The van der Waals surface area contributed by atoms with Gasteiger partial charge in [-0.3, -0.25) is 4.79 Å². The molecule has 0 saturated carbocycles. The second-order valence-electron chi connectivity index (χ2n) is 3.91. The smallest absolute Gasteiger partial charge is 0.254 e. The minimum atomic E-state index is -1.49. The molecule has 0 radical (unpaired) electrons. The van der Waals surface area contributed by atoms with Gasteiger partial charge in [0.05, 0.1) is 36.1 Å². The van der Waals surface area contributed by atoms with Gasteiger partial charge in [0.1, 0.15) is 5.54 Å². The molecule has 6 nitrogen and oxygen atoms in total. The highest BCUT2D eigenvalue weighted by Gasteiger charge is 2.30. The number of nitrogens with one attached hydrogen (secondary N) is 1. The number of hydrogen-bond acceptors (Lipinski definition) is 5. The van der Waals surface area contributed by atoms with Crippen LogP contribution in [0.5, 0.6) is 0 Å². The van der Waals surface area contributed by atoms with E-state index in [1.165, 1.54) is 12.1 Å². The van der Waals surface area contributed by atoms with Crippen molar-refractivity contribution >= 4 is 23.2 Å². The molecule has 0 unspecified atom stereocenters. The Morgan fingerprint density at radius 2 is 1.83 bits per heavy atom. The fraction of sp³-hybridized carbons (Fsp3) is 0.364. The number of halogens is 1. The Balaban J connectivity index is 2.98. The summed E-state index contributed by atoms with van der Waals surface area (Å²) < 4.78 is 0. The van der Waals surface area contributed by atoms with Crippen molar-refractivity contribution in [2.75, 3.05) is 25.6 Å². The molecule has 18 heavy (non-hydrogen) atoms. The summed E-state index contributed by atoms with van der Waals surface area (Å²) in [6.07, 6.45) is 0. The molecule has 0 aliphatic rings. The molecule has 1 aromatic rings. The van der Waals surface area contributed by atoms with Crippen molar-refractivity contribution in [1.82, 2.24) is 5.32 Å². The summed E-state index contributed by atoms with van der Waals surface area (Å²) in [4.78, 5) is 11.9. The molecular formula is C11H15ClN2O4. The van der Waals surface area contributed by atoms with Crippen molar-refractivity contribution < 1.29 is 20.1 Å². The van der Waals surface area contributed by atoms with Crippen molar-refractivity contribution in [3.05, 3.63) is 28.8 Å². The minimum Gasteiger partial charge on any atom is -0.397 e. The lowest BCUT2D eigenvalue weighted by Gasteiger charge is -2.28. The van der Waals surface area contributed by atoms with Crippen LogP contribution < -0.4 is 11.1 Å². The Morgan fingerprint density at radius 3 is 2.33 bits per heavy atom. The fourth-order valence-corrected chi connectivity index (χ4v) is 1.49. The summed E-state index contributed by atoms with van der Waals surface area (Å²) in [5.74, 6) is -0.632. The number of hydrogen-bond donors (Lipinski definition) is 5. The van der Waals surface area contributed by atoms with Crippen molar-refractivity contribution in [3.63, 3.8) is 0 Å². The summed E-state index contributed by atoms with van der Waals surface area (Å²) >= 11 is 5.78. The van der Waals surface area contributed by atoms with Gasteiger partial charge in [-0.1, -0.05) is 17.7 Å². The molecule has 100 valence electrons. The molecule has 1 amide bonds. The number of nitrogens with two attached hydrogens (primary N) is 1. The summed E-state index contributed by atoms with van der Waals surface area (Å²) in [6.45, 7) is -1.81. The standard InChI is InChI=1S/C11H15ClN2O4/c12-8-3-1-2-7(9(8)13)10(18)14-11(4-15,5-16)6-17/h1-3,15-17H,4-6,13H2,(H,14,18). The second-order valence-corrected chi connectivity index (χ2v) is 4.32. The normalized spacial score (nSPS) is 11.3. The van der Waals surface area contributed by atoms with E-state index in [1.807, 2.05) is 0 Å². The first-order chi connectivity index (χ1) is 8.49. The minimum absolute atomic E-state index is 0.0967. The highest BCUT2D eigenvalue weighted by Crippen LogP contribution is 2.22. The number of para-hydroxylation sites is 1. The lowest BCUT2D eigenvalue weighted by molar-refractivity contribution is 0.0375. The molecule has 6 N–H and O–H groups in total. The van der Waals surface area contributed by atoms with Crippen LogP contribution >= 0.6 is 11.6 Å². The van der Waals surface area contributed by atoms with Crippen LogP contribution in [0.4, 0.5) is 5.69 Å². The molecule has 7 heteroatoms. The van der Waals surface area contributed by atoms with Gasteiger partial charge in [-0.05, 0) is 12.1 Å². The van der Waals surface area contributed by atoms with E-state index in [4.69, 9.17) is 32.7 Å². The first kappa shape index (κ1) is 14.7. The topological polar surface area (TPSA) is 116 Å². The SMILES string of the molecule is Nc1c(Cl)cccc1C(=O)NC(CO)(CO)CO. The van der Waals surface area contributed by atoms with Gasteiger partial charge in [0.15, 0.2) is 0 Å². The third-order valence-electron chi connectivity index (χ3n) is 2.58. The average molecular weight is 275 g/mol. The second kappa shape index (κ2) is 6.01. The zero-order valence-electron chi connectivity index (χ0n) is 9.56. The van der Waals surface area contributed by atoms with Crippen LogP contribution in [0, 0.1) is 0 Å². The van der Waals surface area contributed by atoms with Gasteiger partial charge >= 0.3 is 0 Å². The Morgan fingerprint density at radius 1 is 1.28 bits per heavy atom. The molecular weight excluding hydrogens is 260 g/mol. The predicted octanol–water partition coefficient (Wildman–Crippen LogP) is -0.632. The first-order valence-corrected chi connectivity index (χ1v) is 5.56. The molecule has 0 heterocycles. The highest BCUT2D eigenvalue weighted by atomic mass is 35.5. The van der Waals surface area contributed by atoms with Crippen LogP contribution in [-0.2, 0) is 0 Å². The maximum absolute atomic E-state index is 11.9. The van der Waals surface area contributed by atoms with Crippen LogP contribution in [0.25, 0.3) is 0 Å². The Kier molecular flexibility index (Phi) is 4.92. The Labute approximate surface area is 109 Å². The molecule has 0 bridgehead atoms. The lowest BCUT2D eigenvalue weighted by Crippen LogP contribution is -2.57. The largest absolute Gasteiger partial charge is 0.397 e. The lowest BCUT2D eigenvalue weighted by atomic mass is 10.0. The number of aliphatic hydroxyl groups is 3. The number of anilines is 1. The van der Waals surface area contributed by atoms with Crippen molar-refractivity contribution in [3.8, 4) is 0 Å². The van der Waals surface area contributed by atoms with Crippen LogP contribution in [0.2, 0.25) is 5.02 Å². The van der Waals surface area contributed by atoms with E-state index in [9.17, 15) is 4.79 Å². The first-order valence-electron chi connectivity index (χ1n) is 5.19. The average Bonchev–Trinajstić information content (AvgIpc) is 2.39. The van der Waals surface area contributed by atoms with Crippen LogP contribution in [0.3, 0.4) is 0 Å². The molecule has 0 spiro atoms. The summed E-state index contributed by atoms with van der Waals surface area (Å²) in [5, 5.41) is 29.9. The number of carbonyl (C=O) groups excluding carboxylic acids is 1. The van der Waals surface area contributed by atoms with Crippen molar-refractivity contribution in [2.24, 2.45) is 0 Å². The highest BCUT2D eigenvalue weighted by molar-refractivity contribution is 6.33. The Hall–Kier alpha value is -1.34. The van der Waals surface area contributed by atoms with Crippen LogP contribution in [0.15, 0.2) is 18.2 Å². The van der Waals surface area contributed by atoms with Crippen molar-refractivity contribution in [2.45, 2.75) is 5.54 Å². The molecule has 0 atom stereocenters. The fourth-order valence-electron chi connectivity index (χ4n) is 1.31. The van der Waals surface area contributed by atoms with E-state index in [0.717, 1.165) is 0 Å². The third kappa shape index (κ3) is 2.91. The van der Waals surface area contributed by atoms with Gasteiger partial charge < -0.3 is 26.4 Å². The summed E-state index contributed by atoms with van der Waals surface area (Å²) in [6, 6.07) is 4.53. The zero-order chi connectivity index (χ0) is 13.8. The van der Waals surface area contributed by atoms with Gasteiger partial charge in [-0.25, -0.2) is 0 Å². The number of carbonyl (C=O) groups is 1. The monoisotopic (exact) mass is 274 g/mol. The quantitative estimate of drug-likeness (QED) is 0.459. The summed E-state index contributed by atoms with van der Waals surface area (Å²) in [5.41, 5.74) is 4.36. The van der Waals surface area contributed by atoms with E-state index in [0.29, 0.717) is 0 Å². The van der Waals surface area contributed by atoms with Crippen LogP contribution in [0.1, 0.15) is 10.4 Å². The zero-order valence-corrected chi connectivity index (χ0v) is 10.3. The Bertz CT molecular complexity index is 427. The maximum atomic E-state index is 11.9. The van der Waals surface area contributed by atoms with E-state index in [-0.39, 0.29) is 16.3 Å². The van der Waals surface area contributed by atoms with Gasteiger partial charge in [-0.15, -0.1) is 0 Å². The molecule has 1 aromatic carbocycles. The molecule has 0 aliphatic carbocycles. The molecule has 0 fully saturated rings. The number of rotatable bonds is 5.